The Bertz CT molecular complexity index is 412. The Morgan fingerprint density at radius 2 is 2.39 bits per heavy atom. The Morgan fingerprint density at radius 1 is 1.50 bits per heavy atom. The molecule has 1 spiro atoms. The van der Waals surface area contributed by atoms with Gasteiger partial charge < -0.3 is 10.5 Å². The summed E-state index contributed by atoms with van der Waals surface area (Å²) >= 11 is 3.88. The molecule has 2 N–H and O–H groups in total. The highest BCUT2D eigenvalue weighted by molar-refractivity contribution is 7.99. The van der Waals surface area contributed by atoms with Crippen LogP contribution in [0.4, 0.5) is 0 Å². The van der Waals surface area contributed by atoms with Crippen LogP contribution in [0.2, 0.25) is 0 Å². The van der Waals surface area contributed by atoms with Crippen molar-refractivity contribution in [3.05, 3.63) is 21.9 Å². The largest absolute Gasteiger partial charge is 0.374 e. The third-order valence-corrected chi connectivity index (χ3v) is 6.52. The molecule has 2 fully saturated rings. The van der Waals surface area contributed by atoms with Gasteiger partial charge in [-0.3, -0.25) is 0 Å². The van der Waals surface area contributed by atoms with Crippen molar-refractivity contribution in [1.82, 2.24) is 0 Å². The summed E-state index contributed by atoms with van der Waals surface area (Å²) in [5, 5.41) is 0. The number of aryl methyl sites for hydroxylation is 1. The molecule has 100 valence electrons. The van der Waals surface area contributed by atoms with Crippen LogP contribution < -0.4 is 5.73 Å². The van der Waals surface area contributed by atoms with Crippen LogP contribution in [0.1, 0.15) is 35.1 Å². The summed E-state index contributed by atoms with van der Waals surface area (Å²) < 4.78 is 6.07. The van der Waals surface area contributed by atoms with Crippen molar-refractivity contribution in [1.29, 1.82) is 0 Å². The average Bonchev–Trinajstić information content (AvgIpc) is 2.98. The lowest BCUT2D eigenvalue weighted by Gasteiger charge is -2.39. The number of nitrogens with two attached hydrogens (primary N) is 1. The van der Waals surface area contributed by atoms with Crippen LogP contribution in [-0.4, -0.2) is 23.7 Å². The van der Waals surface area contributed by atoms with Gasteiger partial charge in [-0.15, -0.1) is 11.3 Å². The van der Waals surface area contributed by atoms with E-state index in [2.05, 4.69) is 19.1 Å². The van der Waals surface area contributed by atoms with Crippen molar-refractivity contribution in [2.24, 2.45) is 11.7 Å². The van der Waals surface area contributed by atoms with Crippen LogP contribution in [-0.2, 0) is 4.74 Å². The van der Waals surface area contributed by atoms with Crippen LogP contribution in [0.3, 0.4) is 0 Å². The number of ether oxygens (including phenoxy) is 1. The third kappa shape index (κ3) is 2.48. The first-order valence-electron chi connectivity index (χ1n) is 6.72. The van der Waals surface area contributed by atoms with Crippen molar-refractivity contribution in [2.75, 3.05) is 18.1 Å². The minimum absolute atomic E-state index is 0.150. The number of hydrogen-bond donors (Lipinski definition) is 1. The third-order valence-electron chi connectivity index (χ3n) is 4.20. The molecule has 0 aliphatic carbocycles. The predicted octanol–water partition coefficient (Wildman–Crippen LogP) is 3.36. The maximum atomic E-state index is 6.48. The zero-order valence-corrected chi connectivity index (χ0v) is 12.5. The Balaban J connectivity index is 1.72. The summed E-state index contributed by atoms with van der Waals surface area (Å²) in [5.41, 5.74) is 6.63. The lowest BCUT2D eigenvalue weighted by atomic mass is 9.81. The summed E-state index contributed by atoms with van der Waals surface area (Å²) in [6.07, 6.45) is 3.48. The summed E-state index contributed by atoms with van der Waals surface area (Å²) in [7, 11) is 0. The first kappa shape index (κ1) is 13.0. The molecular weight excluding hydrogens is 262 g/mol. The zero-order chi connectivity index (χ0) is 12.6. The molecule has 0 radical (unpaired) electrons. The van der Waals surface area contributed by atoms with Gasteiger partial charge in [0.15, 0.2) is 0 Å². The van der Waals surface area contributed by atoms with Gasteiger partial charge in [0.25, 0.3) is 0 Å². The van der Waals surface area contributed by atoms with Gasteiger partial charge in [-0.25, -0.2) is 0 Å². The molecule has 3 rings (SSSR count). The van der Waals surface area contributed by atoms with E-state index in [4.69, 9.17) is 10.5 Å². The molecule has 4 heteroatoms. The van der Waals surface area contributed by atoms with Gasteiger partial charge in [0.1, 0.15) is 0 Å². The van der Waals surface area contributed by atoms with Crippen molar-refractivity contribution >= 4 is 23.1 Å². The fourth-order valence-electron chi connectivity index (χ4n) is 3.10. The average molecular weight is 283 g/mol. The maximum absolute atomic E-state index is 6.48. The molecule has 2 aliphatic rings. The first-order chi connectivity index (χ1) is 8.69. The van der Waals surface area contributed by atoms with Crippen molar-refractivity contribution in [2.45, 2.75) is 37.8 Å². The van der Waals surface area contributed by atoms with Gasteiger partial charge in [-0.1, -0.05) is 0 Å². The number of hydrogen-bond acceptors (Lipinski definition) is 4. The molecule has 3 atom stereocenters. The smallest absolute Gasteiger partial charge is 0.0783 e. The second kappa shape index (κ2) is 5.16. The van der Waals surface area contributed by atoms with Crippen molar-refractivity contribution < 1.29 is 4.74 Å². The standard InChI is InChI=1S/C14H21NOS2/c1-10-2-3-12(18-10)13(15)11-4-6-16-14(8-11)5-7-17-9-14/h2-3,11,13H,4-9,15H2,1H3. The van der Waals surface area contributed by atoms with E-state index in [1.165, 1.54) is 27.7 Å². The molecule has 0 amide bonds. The first-order valence-corrected chi connectivity index (χ1v) is 8.69. The molecule has 2 aliphatic heterocycles. The molecule has 1 aromatic heterocycles. The van der Waals surface area contributed by atoms with Crippen molar-refractivity contribution in [3.63, 3.8) is 0 Å². The minimum Gasteiger partial charge on any atom is -0.374 e. The molecule has 2 saturated heterocycles. The van der Waals surface area contributed by atoms with Crippen LogP contribution in [0, 0.1) is 12.8 Å². The molecule has 1 aromatic rings. The van der Waals surface area contributed by atoms with E-state index >= 15 is 0 Å². The number of rotatable bonds is 2. The Hall–Kier alpha value is -0.0300. The van der Waals surface area contributed by atoms with Gasteiger partial charge >= 0.3 is 0 Å². The Labute approximate surface area is 117 Å². The molecule has 0 aromatic carbocycles. The van der Waals surface area contributed by atoms with E-state index in [1.807, 2.05) is 23.1 Å². The van der Waals surface area contributed by atoms with Gasteiger partial charge in [-0.2, -0.15) is 11.8 Å². The predicted molar refractivity (Wildman–Crippen MR) is 79.3 cm³/mol. The van der Waals surface area contributed by atoms with Crippen LogP contribution in [0.5, 0.6) is 0 Å². The summed E-state index contributed by atoms with van der Waals surface area (Å²) in [4.78, 5) is 2.71. The molecule has 2 nitrogen and oxygen atoms in total. The molecule has 3 heterocycles. The Kier molecular flexibility index (Phi) is 3.72. The molecule has 0 saturated carbocycles. The normalized spacial score (nSPS) is 34.0. The van der Waals surface area contributed by atoms with E-state index < -0.39 is 0 Å². The van der Waals surface area contributed by atoms with Gasteiger partial charge in [0.05, 0.1) is 5.60 Å². The van der Waals surface area contributed by atoms with Crippen LogP contribution >= 0.6 is 23.1 Å². The quantitative estimate of drug-likeness (QED) is 0.904. The van der Waals surface area contributed by atoms with Gasteiger partial charge in [0, 0.05) is 28.2 Å². The van der Waals surface area contributed by atoms with Gasteiger partial charge in [0.2, 0.25) is 0 Å². The van der Waals surface area contributed by atoms with E-state index in [9.17, 15) is 0 Å². The fraction of sp³-hybridized carbons (Fsp3) is 0.714. The minimum atomic E-state index is 0.150. The highest BCUT2D eigenvalue weighted by atomic mass is 32.2. The van der Waals surface area contributed by atoms with E-state index in [-0.39, 0.29) is 11.6 Å². The lowest BCUT2D eigenvalue weighted by molar-refractivity contribution is -0.0832. The summed E-state index contributed by atoms with van der Waals surface area (Å²) in [6.45, 7) is 3.04. The van der Waals surface area contributed by atoms with Gasteiger partial charge in [-0.05, 0) is 50.0 Å². The number of thioether (sulfide) groups is 1. The molecule has 0 bridgehead atoms. The fourth-order valence-corrected chi connectivity index (χ4v) is 5.45. The molecule has 18 heavy (non-hydrogen) atoms. The van der Waals surface area contributed by atoms with Crippen LogP contribution in [0.25, 0.3) is 0 Å². The second-order valence-electron chi connectivity index (χ2n) is 5.56. The summed E-state index contributed by atoms with van der Waals surface area (Å²) in [5.74, 6) is 3.01. The zero-order valence-electron chi connectivity index (χ0n) is 10.9. The lowest BCUT2D eigenvalue weighted by Crippen LogP contribution is -2.42. The summed E-state index contributed by atoms with van der Waals surface area (Å²) in [6, 6.07) is 4.59. The molecular formula is C14H21NOS2. The van der Waals surface area contributed by atoms with E-state index in [0.29, 0.717) is 5.92 Å². The second-order valence-corrected chi connectivity index (χ2v) is 7.99. The monoisotopic (exact) mass is 283 g/mol. The van der Waals surface area contributed by atoms with Crippen LogP contribution in [0.15, 0.2) is 12.1 Å². The van der Waals surface area contributed by atoms with E-state index in [1.54, 1.807) is 0 Å². The highest BCUT2D eigenvalue weighted by Gasteiger charge is 2.42. The number of thiophene rings is 1. The maximum Gasteiger partial charge on any atom is 0.0783 e. The molecule has 3 unspecified atom stereocenters. The Morgan fingerprint density at radius 3 is 3.06 bits per heavy atom. The highest BCUT2D eigenvalue weighted by Crippen LogP contribution is 2.44. The van der Waals surface area contributed by atoms with E-state index in [0.717, 1.165) is 19.4 Å². The topological polar surface area (TPSA) is 35.2 Å². The van der Waals surface area contributed by atoms with Crippen molar-refractivity contribution in [3.8, 4) is 0 Å². The SMILES string of the molecule is Cc1ccc(C(N)C2CCOC3(CCSC3)C2)s1.